The molecule has 144 valence electrons. The number of nitrogens with two attached hydrogens (primary N) is 1. The molecule has 0 atom stereocenters. The first-order valence-corrected chi connectivity index (χ1v) is 9.41. The summed E-state index contributed by atoms with van der Waals surface area (Å²) in [4.78, 5) is 4.64. The highest BCUT2D eigenvalue weighted by molar-refractivity contribution is 5.85. The fourth-order valence-electron chi connectivity index (χ4n) is 3.75. The number of hydrogen-bond donors (Lipinski definition) is 1. The van der Waals surface area contributed by atoms with E-state index < -0.39 is 5.54 Å². The lowest BCUT2D eigenvalue weighted by Crippen LogP contribution is -2.34. The van der Waals surface area contributed by atoms with Crippen LogP contribution in [0.25, 0.3) is 11.5 Å². The molecule has 2 N–H and O–H groups in total. The molecule has 1 fully saturated rings. The van der Waals surface area contributed by atoms with Crippen molar-refractivity contribution in [2.24, 2.45) is 5.73 Å². The van der Waals surface area contributed by atoms with Gasteiger partial charge in [-0.3, -0.25) is 4.68 Å². The summed E-state index contributed by atoms with van der Waals surface area (Å²) < 4.78 is 7.62. The van der Waals surface area contributed by atoms with Crippen LogP contribution in [0.1, 0.15) is 56.1 Å². The van der Waals surface area contributed by atoms with E-state index in [1.165, 1.54) is 5.56 Å². The molecule has 0 amide bonds. The average molecular weight is 388 g/mol. The van der Waals surface area contributed by atoms with E-state index in [-0.39, 0.29) is 12.4 Å². The Balaban J connectivity index is 0.00000210. The number of halogens is 1. The van der Waals surface area contributed by atoms with Gasteiger partial charge < -0.3 is 10.3 Å². The smallest absolute Gasteiger partial charge is 0.261 e. The summed E-state index contributed by atoms with van der Waals surface area (Å²) in [7, 11) is 0. The summed E-state index contributed by atoms with van der Waals surface area (Å²) in [5.41, 5.74) is 9.30. The highest BCUT2D eigenvalue weighted by Gasteiger charge is 2.36. The number of rotatable bonds is 6. The Hall–Kier alpha value is -2.18. The molecule has 1 saturated carbocycles. The zero-order valence-electron chi connectivity index (χ0n) is 15.6. The normalized spacial score (nSPS) is 15.6. The van der Waals surface area contributed by atoms with Crippen LogP contribution < -0.4 is 5.73 Å². The fourth-order valence-corrected chi connectivity index (χ4v) is 3.75. The molecular formula is C20H26ClN5O. The van der Waals surface area contributed by atoms with E-state index in [4.69, 9.17) is 10.3 Å². The molecule has 0 radical (unpaired) electrons. The van der Waals surface area contributed by atoms with Gasteiger partial charge in [-0.1, -0.05) is 61.7 Å². The Morgan fingerprint density at radius 1 is 1.19 bits per heavy atom. The maximum atomic E-state index is 6.47. The molecule has 7 heteroatoms. The molecule has 1 aliphatic carbocycles. The summed E-state index contributed by atoms with van der Waals surface area (Å²) in [6, 6.07) is 10.3. The van der Waals surface area contributed by atoms with E-state index in [2.05, 4.69) is 34.3 Å². The van der Waals surface area contributed by atoms with E-state index in [1.54, 1.807) is 0 Å². The third-order valence-electron chi connectivity index (χ3n) is 5.21. The van der Waals surface area contributed by atoms with Crippen LogP contribution in [-0.4, -0.2) is 19.9 Å². The van der Waals surface area contributed by atoms with Crippen molar-refractivity contribution in [1.29, 1.82) is 0 Å². The van der Waals surface area contributed by atoms with Gasteiger partial charge in [-0.05, 0) is 24.8 Å². The lowest BCUT2D eigenvalue weighted by Gasteiger charge is -2.17. The van der Waals surface area contributed by atoms with Gasteiger partial charge in [0.25, 0.3) is 5.89 Å². The third kappa shape index (κ3) is 3.92. The Morgan fingerprint density at radius 3 is 2.63 bits per heavy atom. The predicted octanol–water partition coefficient (Wildman–Crippen LogP) is 4.08. The average Bonchev–Trinajstić information content (AvgIpc) is 3.38. The van der Waals surface area contributed by atoms with Crippen molar-refractivity contribution in [2.75, 3.05) is 0 Å². The molecule has 27 heavy (non-hydrogen) atoms. The van der Waals surface area contributed by atoms with Gasteiger partial charge >= 0.3 is 0 Å². The van der Waals surface area contributed by atoms with Crippen molar-refractivity contribution in [3.8, 4) is 11.5 Å². The SMILES string of the molecule is CCCc1c(-c2nc(C3(N)CCCC3)no2)cnn1Cc1ccccc1.Cl. The van der Waals surface area contributed by atoms with E-state index in [0.29, 0.717) is 11.7 Å². The molecule has 2 heterocycles. The van der Waals surface area contributed by atoms with Crippen molar-refractivity contribution in [2.45, 2.75) is 57.5 Å². The van der Waals surface area contributed by atoms with Gasteiger partial charge in [0.15, 0.2) is 5.82 Å². The van der Waals surface area contributed by atoms with E-state index in [0.717, 1.165) is 56.3 Å². The molecule has 0 bridgehead atoms. The molecule has 0 spiro atoms. The van der Waals surface area contributed by atoms with Crippen molar-refractivity contribution in [3.05, 3.63) is 53.6 Å². The van der Waals surface area contributed by atoms with Crippen molar-refractivity contribution < 1.29 is 4.52 Å². The van der Waals surface area contributed by atoms with Gasteiger partial charge in [-0.2, -0.15) is 10.1 Å². The quantitative estimate of drug-likeness (QED) is 0.688. The van der Waals surface area contributed by atoms with E-state index in [1.807, 2.05) is 29.1 Å². The minimum absolute atomic E-state index is 0. The highest BCUT2D eigenvalue weighted by atomic mass is 35.5. The maximum Gasteiger partial charge on any atom is 0.261 e. The van der Waals surface area contributed by atoms with Crippen LogP contribution in [0, 0.1) is 0 Å². The maximum absolute atomic E-state index is 6.47. The second-order valence-corrected chi connectivity index (χ2v) is 7.18. The Bertz CT molecular complexity index is 868. The first kappa shape index (κ1) is 19.6. The molecule has 4 rings (SSSR count). The van der Waals surface area contributed by atoms with Crippen molar-refractivity contribution in [3.63, 3.8) is 0 Å². The molecule has 1 aromatic carbocycles. The number of hydrogen-bond acceptors (Lipinski definition) is 5. The van der Waals surface area contributed by atoms with Gasteiger partial charge in [0.1, 0.15) is 0 Å². The molecule has 0 aliphatic heterocycles. The van der Waals surface area contributed by atoms with Gasteiger partial charge in [-0.15, -0.1) is 12.4 Å². The second-order valence-electron chi connectivity index (χ2n) is 7.18. The Kier molecular flexibility index (Phi) is 5.97. The van der Waals surface area contributed by atoms with Crippen LogP contribution in [0.4, 0.5) is 0 Å². The monoisotopic (exact) mass is 387 g/mol. The van der Waals surface area contributed by atoms with Gasteiger partial charge in [0, 0.05) is 0 Å². The molecule has 1 aliphatic rings. The van der Waals surface area contributed by atoms with Crippen LogP contribution in [0.15, 0.2) is 41.1 Å². The van der Waals surface area contributed by atoms with Crippen LogP contribution in [0.5, 0.6) is 0 Å². The fraction of sp³-hybridized carbons (Fsp3) is 0.450. The minimum atomic E-state index is -0.438. The molecule has 3 aromatic rings. The van der Waals surface area contributed by atoms with Gasteiger partial charge in [0.2, 0.25) is 0 Å². The lowest BCUT2D eigenvalue weighted by molar-refractivity contribution is 0.372. The summed E-state index contributed by atoms with van der Waals surface area (Å²) in [6.07, 6.45) is 7.85. The van der Waals surface area contributed by atoms with Gasteiger partial charge in [-0.25, -0.2) is 0 Å². The third-order valence-corrected chi connectivity index (χ3v) is 5.21. The largest absolute Gasteiger partial charge is 0.334 e. The standard InChI is InChI=1S/C20H25N5O.ClH/c1-2-8-17-16(13-22-25(17)14-15-9-4-3-5-10-15)18-23-19(24-26-18)20(21)11-6-7-12-20;/h3-5,9-10,13H,2,6-8,11-12,14,21H2,1H3;1H. The first-order valence-electron chi connectivity index (χ1n) is 9.41. The van der Waals surface area contributed by atoms with E-state index >= 15 is 0 Å². The number of benzene rings is 1. The predicted molar refractivity (Wildman–Crippen MR) is 107 cm³/mol. The van der Waals surface area contributed by atoms with Crippen molar-refractivity contribution >= 4 is 12.4 Å². The Labute approximate surface area is 165 Å². The van der Waals surface area contributed by atoms with Crippen molar-refractivity contribution in [1.82, 2.24) is 19.9 Å². The summed E-state index contributed by atoms with van der Waals surface area (Å²) >= 11 is 0. The van der Waals surface area contributed by atoms with Crippen LogP contribution in [0.3, 0.4) is 0 Å². The zero-order valence-corrected chi connectivity index (χ0v) is 16.4. The second kappa shape index (κ2) is 8.23. The molecule has 2 aromatic heterocycles. The summed E-state index contributed by atoms with van der Waals surface area (Å²) in [5, 5.41) is 8.78. The molecule has 6 nitrogen and oxygen atoms in total. The zero-order chi connectivity index (χ0) is 18.0. The molecule has 0 unspecified atom stereocenters. The lowest BCUT2D eigenvalue weighted by atomic mass is 9.98. The Morgan fingerprint density at radius 2 is 1.93 bits per heavy atom. The van der Waals surface area contributed by atoms with Crippen LogP contribution in [-0.2, 0) is 18.5 Å². The molecule has 0 saturated heterocycles. The first-order chi connectivity index (χ1) is 12.7. The minimum Gasteiger partial charge on any atom is -0.334 e. The van der Waals surface area contributed by atoms with Gasteiger partial charge in [0.05, 0.1) is 29.5 Å². The summed E-state index contributed by atoms with van der Waals surface area (Å²) in [6.45, 7) is 2.90. The number of nitrogens with zero attached hydrogens (tertiary/aromatic N) is 4. The van der Waals surface area contributed by atoms with E-state index in [9.17, 15) is 0 Å². The number of aromatic nitrogens is 4. The van der Waals surface area contributed by atoms with Crippen LogP contribution >= 0.6 is 12.4 Å². The summed E-state index contributed by atoms with van der Waals surface area (Å²) in [5.74, 6) is 1.16. The topological polar surface area (TPSA) is 82.8 Å². The highest BCUT2D eigenvalue weighted by Crippen LogP contribution is 2.36. The molecular weight excluding hydrogens is 362 g/mol. The van der Waals surface area contributed by atoms with Crippen LogP contribution in [0.2, 0.25) is 0 Å².